The second-order valence-electron chi connectivity index (χ2n) is 20.4. The maximum absolute atomic E-state index is 13.0. The highest BCUT2D eigenvalue weighted by Crippen LogP contribution is 2.23. The molecule has 1 aliphatic rings. The van der Waals surface area contributed by atoms with Gasteiger partial charge in [0.15, 0.2) is 12.4 Å². The number of hydrogen-bond acceptors (Lipinski definition) is 10. The van der Waals surface area contributed by atoms with Gasteiger partial charge in [-0.25, -0.2) is 0 Å². The number of amides is 1. The molecule has 3 unspecified atom stereocenters. The molecule has 11 nitrogen and oxygen atoms in total. The predicted octanol–water partition coefficient (Wildman–Crippen LogP) is 13.8. The van der Waals surface area contributed by atoms with Gasteiger partial charge in [0.05, 0.1) is 6.61 Å². The SMILES string of the molecule is CCCCCCCCCCCCCCCC(=O)NCC1O[C@H](OC[C@H](COC(=O)CCCCCCCCCCCCCCC)OC(=O)CCCCCCCCCCCCCCC)C(O)C(O)[C@@H]1O. The van der Waals surface area contributed by atoms with Crippen molar-refractivity contribution >= 4 is 17.8 Å². The quantitative estimate of drug-likeness (QED) is 0.0341. The highest BCUT2D eigenvalue weighted by atomic mass is 16.7. The van der Waals surface area contributed by atoms with Crippen LogP contribution in [0.25, 0.3) is 0 Å². The number of unbranched alkanes of at least 4 members (excludes halogenated alkanes) is 36. The number of aliphatic hydroxyl groups is 3. The minimum atomic E-state index is -1.59. The lowest BCUT2D eigenvalue weighted by molar-refractivity contribution is -0.299. The molecule has 0 saturated carbocycles. The van der Waals surface area contributed by atoms with Gasteiger partial charge in [-0.3, -0.25) is 14.4 Å². The van der Waals surface area contributed by atoms with Gasteiger partial charge in [0, 0.05) is 25.8 Å². The number of ether oxygens (including phenoxy) is 4. The molecule has 0 spiro atoms. The molecule has 0 aromatic carbocycles. The summed E-state index contributed by atoms with van der Waals surface area (Å²) in [7, 11) is 0. The van der Waals surface area contributed by atoms with E-state index in [0.29, 0.717) is 12.8 Å². The zero-order valence-electron chi connectivity index (χ0n) is 44.5. The molecule has 68 heavy (non-hydrogen) atoms. The topological polar surface area (TPSA) is 161 Å². The third-order valence-corrected chi connectivity index (χ3v) is 13.8. The van der Waals surface area contributed by atoms with Crippen LogP contribution in [-0.4, -0.2) is 89.7 Å². The molecule has 1 heterocycles. The van der Waals surface area contributed by atoms with E-state index in [1.165, 1.54) is 186 Å². The fourth-order valence-corrected chi connectivity index (χ4v) is 9.22. The molecule has 4 N–H and O–H groups in total. The van der Waals surface area contributed by atoms with Crippen LogP contribution < -0.4 is 5.32 Å². The third kappa shape index (κ3) is 38.0. The first-order valence-electron chi connectivity index (χ1n) is 29.2. The average molecular weight is 968 g/mol. The van der Waals surface area contributed by atoms with Crippen molar-refractivity contribution in [2.24, 2.45) is 0 Å². The van der Waals surface area contributed by atoms with Gasteiger partial charge in [0.1, 0.15) is 31.0 Å². The van der Waals surface area contributed by atoms with Gasteiger partial charge in [-0.2, -0.15) is 0 Å². The Hall–Kier alpha value is -1.79. The predicted molar refractivity (Wildman–Crippen MR) is 277 cm³/mol. The number of esters is 2. The largest absolute Gasteiger partial charge is 0.462 e. The van der Waals surface area contributed by atoms with E-state index in [1.54, 1.807) is 0 Å². The van der Waals surface area contributed by atoms with E-state index in [-0.39, 0.29) is 44.5 Å². The van der Waals surface area contributed by atoms with Gasteiger partial charge in [-0.1, -0.05) is 252 Å². The van der Waals surface area contributed by atoms with E-state index in [1.807, 2.05) is 0 Å². The number of carbonyl (C=O) groups excluding carboxylic acids is 3. The van der Waals surface area contributed by atoms with Gasteiger partial charge in [0.2, 0.25) is 5.91 Å². The van der Waals surface area contributed by atoms with Crippen molar-refractivity contribution < 1.29 is 48.7 Å². The van der Waals surface area contributed by atoms with Crippen LogP contribution in [0.4, 0.5) is 0 Å². The van der Waals surface area contributed by atoms with E-state index in [4.69, 9.17) is 18.9 Å². The molecule has 402 valence electrons. The lowest BCUT2D eigenvalue weighted by atomic mass is 9.98. The van der Waals surface area contributed by atoms with Gasteiger partial charge in [-0.05, 0) is 19.3 Å². The zero-order valence-corrected chi connectivity index (χ0v) is 44.5. The molecule has 0 bridgehead atoms. The highest BCUT2D eigenvalue weighted by molar-refractivity contribution is 5.75. The fourth-order valence-electron chi connectivity index (χ4n) is 9.22. The maximum Gasteiger partial charge on any atom is 0.306 e. The lowest BCUT2D eigenvalue weighted by Crippen LogP contribution is -2.60. The summed E-state index contributed by atoms with van der Waals surface area (Å²) in [5.74, 6) is -0.954. The van der Waals surface area contributed by atoms with Crippen LogP contribution >= 0.6 is 0 Å². The number of aliphatic hydroxyl groups excluding tert-OH is 3. The highest BCUT2D eigenvalue weighted by Gasteiger charge is 2.44. The lowest BCUT2D eigenvalue weighted by Gasteiger charge is -2.40. The van der Waals surface area contributed by atoms with Crippen molar-refractivity contribution in [1.82, 2.24) is 5.32 Å². The Morgan fingerprint density at radius 2 is 0.765 bits per heavy atom. The van der Waals surface area contributed by atoms with Gasteiger partial charge in [-0.15, -0.1) is 0 Å². The van der Waals surface area contributed by atoms with Gasteiger partial charge in [0.25, 0.3) is 0 Å². The molecule has 1 fully saturated rings. The van der Waals surface area contributed by atoms with Crippen LogP contribution in [-0.2, 0) is 33.3 Å². The molecule has 1 amide bonds. The molecular weight excluding hydrogens is 859 g/mol. The van der Waals surface area contributed by atoms with Crippen LogP contribution in [0, 0.1) is 0 Å². The molecule has 0 aromatic rings. The number of rotatable bonds is 50. The minimum Gasteiger partial charge on any atom is -0.462 e. The van der Waals surface area contributed by atoms with Gasteiger partial charge < -0.3 is 39.6 Å². The number of hydrogen-bond donors (Lipinski definition) is 4. The molecule has 1 rings (SSSR count). The zero-order chi connectivity index (χ0) is 49.6. The molecule has 6 atom stereocenters. The Balaban J connectivity index is 2.52. The van der Waals surface area contributed by atoms with Crippen LogP contribution in [0.1, 0.15) is 290 Å². The summed E-state index contributed by atoms with van der Waals surface area (Å²) < 4.78 is 23.1. The van der Waals surface area contributed by atoms with Crippen molar-refractivity contribution in [3.8, 4) is 0 Å². The molecule has 0 radical (unpaired) electrons. The van der Waals surface area contributed by atoms with Crippen molar-refractivity contribution in [3.63, 3.8) is 0 Å². The summed E-state index contributed by atoms with van der Waals surface area (Å²) in [6.07, 6.45) is 40.2. The molecule has 0 aromatic heterocycles. The minimum absolute atomic E-state index is 0.0730. The van der Waals surface area contributed by atoms with E-state index < -0.39 is 42.8 Å². The van der Waals surface area contributed by atoms with Crippen LogP contribution in [0.3, 0.4) is 0 Å². The van der Waals surface area contributed by atoms with Crippen molar-refractivity contribution in [3.05, 3.63) is 0 Å². The van der Waals surface area contributed by atoms with Crippen LogP contribution in [0.5, 0.6) is 0 Å². The Morgan fingerprint density at radius 1 is 0.426 bits per heavy atom. The van der Waals surface area contributed by atoms with Crippen LogP contribution in [0.2, 0.25) is 0 Å². The summed E-state index contributed by atoms with van der Waals surface area (Å²) in [5, 5.41) is 35.0. The average Bonchev–Trinajstić information content (AvgIpc) is 3.33. The summed E-state index contributed by atoms with van der Waals surface area (Å²) >= 11 is 0. The molecule has 1 aliphatic heterocycles. The first kappa shape index (κ1) is 64.2. The van der Waals surface area contributed by atoms with Crippen molar-refractivity contribution in [2.45, 2.75) is 327 Å². The van der Waals surface area contributed by atoms with Gasteiger partial charge >= 0.3 is 11.9 Å². The normalized spacial score (nSPS) is 18.7. The van der Waals surface area contributed by atoms with Crippen molar-refractivity contribution in [2.75, 3.05) is 19.8 Å². The first-order valence-corrected chi connectivity index (χ1v) is 29.2. The molecule has 11 heteroatoms. The number of carbonyl (C=O) groups is 3. The van der Waals surface area contributed by atoms with Crippen LogP contribution in [0.15, 0.2) is 0 Å². The Bertz CT molecular complexity index is 1140. The fraction of sp³-hybridized carbons (Fsp3) is 0.947. The third-order valence-electron chi connectivity index (χ3n) is 13.8. The Kier molecular flexibility index (Phi) is 44.9. The van der Waals surface area contributed by atoms with E-state index in [9.17, 15) is 29.7 Å². The Labute approximate surface area is 417 Å². The first-order chi connectivity index (χ1) is 33.2. The molecule has 1 saturated heterocycles. The summed E-state index contributed by atoms with van der Waals surface area (Å²) in [5.41, 5.74) is 0. The summed E-state index contributed by atoms with van der Waals surface area (Å²) in [6, 6.07) is 0. The smallest absolute Gasteiger partial charge is 0.306 e. The number of nitrogens with one attached hydrogen (secondary N) is 1. The Morgan fingerprint density at radius 3 is 1.15 bits per heavy atom. The second-order valence-corrected chi connectivity index (χ2v) is 20.4. The van der Waals surface area contributed by atoms with E-state index >= 15 is 0 Å². The maximum atomic E-state index is 13.0. The summed E-state index contributed by atoms with van der Waals surface area (Å²) in [4.78, 5) is 38.5. The summed E-state index contributed by atoms with van der Waals surface area (Å²) in [6.45, 7) is 6.20. The second kappa shape index (κ2) is 47.5. The molecular formula is C57H109NO10. The monoisotopic (exact) mass is 968 g/mol. The van der Waals surface area contributed by atoms with E-state index in [0.717, 1.165) is 57.8 Å². The van der Waals surface area contributed by atoms with E-state index in [2.05, 4.69) is 26.1 Å². The van der Waals surface area contributed by atoms with Crippen molar-refractivity contribution in [1.29, 1.82) is 0 Å². The standard InChI is InChI=1S/C57H109NO10/c1-4-7-10-13-16-19-22-25-28-31-34-37-40-43-51(59)58-46-50-54(62)55(63)56(64)57(68-50)66-48-49(67-53(61)45-42-39-36-33-30-27-24-21-18-15-12-9-6-3)47-65-52(60)44-41-38-35-32-29-26-23-20-17-14-11-8-5-2/h49-50,54-57,62-64H,4-48H2,1-3H3,(H,58,59)/t49-,50?,54+,55?,56?,57-/m0/s1. The molecule has 0 aliphatic carbocycles.